The minimum absolute atomic E-state index is 0.00148. The molecule has 1 unspecified atom stereocenters. The number of carboxylic acids is 1. The number of ether oxygens (including phenoxy) is 1. The van der Waals surface area contributed by atoms with Crippen LogP contribution in [0.2, 0.25) is 0 Å². The van der Waals surface area contributed by atoms with Crippen molar-refractivity contribution in [2.75, 3.05) is 4.90 Å². The molecule has 0 aliphatic rings. The summed E-state index contributed by atoms with van der Waals surface area (Å²) in [6.07, 6.45) is 0.606. The lowest BCUT2D eigenvalue weighted by atomic mass is 10.0. The van der Waals surface area contributed by atoms with Gasteiger partial charge in [0.2, 0.25) is 0 Å². The van der Waals surface area contributed by atoms with E-state index < -0.39 is 12.1 Å². The molecule has 0 spiro atoms. The summed E-state index contributed by atoms with van der Waals surface area (Å²) in [5, 5.41) is 8.95. The van der Waals surface area contributed by atoms with Crippen LogP contribution in [-0.2, 0) is 22.4 Å². The Hall–Kier alpha value is -3.60. The van der Waals surface area contributed by atoms with Gasteiger partial charge in [0.15, 0.2) is 0 Å². The van der Waals surface area contributed by atoms with Gasteiger partial charge in [-0.05, 0) is 55.2 Å². The molecular formula is C25H25NO4. The predicted molar refractivity (Wildman–Crippen MR) is 117 cm³/mol. The highest BCUT2D eigenvalue weighted by Gasteiger charge is 2.21. The van der Waals surface area contributed by atoms with E-state index in [1.165, 1.54) is 0 Å². The third kappa shape index (κ3) is 5.95. The molecule has 1 amide bonds. The molecule has 5 nitrogen and oxygen atoms in total. The van der Waals surface area contributed by atoms with E-state index in [0.29, 0.717) is 12.8 Å². The summed E-state index contributed by atoms with van der Waals surface area (Å²) in [6.45, 7) is 1.87. The Bertz CT molecular complexity index is 933. The van der Waals surface area contributed by atoms with Gasteiger partial charge in [-0.25, -0.2) is 9.69 Å². The third-order valence-corrected chi connectivity index (χ3v) is 4.70. The van der Waals surface area contributed by atoms with Gasteiger partial charge in [0, 0.05) is 0 Å². The summed E-state index contributed by atoms with van der Waals surface area (Å²) >= 11 is 0. The van der Waals surface area contributed by atoms with E-state index in [-0.39, 0.29) is 12.5 Å². The number of amides is 1. The van der Waals surface area contributed by atoms with E-state index in [1.54, 1.807) is 11.0 Å². The van der Waals surface area contributed by atoms with Gasteiger partial charge in [-0.1, -0.05) is 60.7 Å². The van der Waals surface area contributed by atoms with Gasteiger partial charge in [0.05, 0.1) is 17.8 Å². The zero-order chi connectivity index (χ0) is 21.3. The molecule has 30 heavy (non-hydrogen) atoms. The lowest BCUT2D eigenvalue weighted by molar-refractivity contribution is -0.136. The van der Waals surface area contributed by atoms with Crippen LogP contribution in [0.4, 0.5) is 16.2 Å². The lowest BCUT2D eigenvalue weighted by Gasteiger charge is -2.24. The number of aryl methyl sites for hydroxylation is 1. The van der Waals surface area contributed by atoms with Gasteiger partial charge >= 0.3 is 12.1 Å². The summed E-state index contributed by atoms with van der Waals surface area (Å²) in [7, 11) is 0. The van der Waals surface area contributed by atoms with Crippen molar-refractivity contribution in [3.63, 3.8) is 0 Å². The fourth-order valence-electron chi connectivity index (χ4n) is 3.24. The number of rotatable bonds is 8. The first kappa shape index (κ1) is 21.1. The minimum Gasteiger partial charge on any atom is -0.481 e. The highest BCUT2D eigenvalue weighted by molar-refractivity contribution is 5.96. The molecule has 0 aliphatic heterocycles. The second-order valence-electron chi connectivity index (χ2n) is 7.13. The van der Waals surface area contributed by atoms with Crippen LogP contribution in [-0.4, -0.2) is 23.3 Å². The molecule has 0 saturated carbocycles. The maximum absolute atomic E-state index is 13.0. The molecule has 0 aromatic heterocycles. The Labute approximate surface area is 176 Å². The van der Waals surface area contributed by atoms with E-state index in [9.17, 15) is 9.59 Å². The number of hydrogen-bond acceptors (Lipinski definition) is 3. The van der Waals surface area contributed by atoms with E-state index >= 15 is 0 Å². The SMILES string of the molecule is CC(CCc1cccc(CC(=O)O)c1)OC(=O)N(c1ccccc1)c1ccccc1. The van der Waals surface area contributed by atoms with Gasteiger partial charge in [0.25, 0.3) is 0 Å². The largest absolute Gasteiger partial charge is 0.481 e. The maximum atomic E-state index is 13.0. The van der Waals surface area contributed by atoms with Crippen molar-refractivity contribution in [2.45, 2.75) is 32.3 Å². The topological polar surface area (TPSA) is 66.8 Å². The van der Waals surface area contributed by atoms with Gasteiger partial charge in [-0.2, -0.15) is 0 Å². The van der Waals surface area contributed by atoms with Crippen LogP contribution in [0.1, 0.15) is 24.5 Å². The molecule has 0 aliphatic carbocycles. The quantitative estimate of drug-likeness (QED) is 0.531. The van der Waals surface area contributed by atoms with Crippen molar-refractivity contribution in [2.24, 2.45) is 0 Å². The Morgan fingerprint density at radius 1 is 0.867 bits per heavy atom. The van der Waals surface area contributed by atoms with Gasteiger partial charge < -0.3 is 9.84 Å². The number of carbonyl (C=O) groups excluding carboxylic acids is 1. The molecule has 3 rings (SSSR count). The Morgan fingerprint density at radius 3 is 2.00 bits per heavy atom. The standard InChI is InChI=1S/C25H25NO4/c1-19(15-16-20-9-8-10-21(17-20)18-24(27)28)30-25(29)26(22-11-4-2-5-12-22)23-13-6-3-7-14-23/h2-14,17,19H,15-16,18H2,1H3,(H,27,28). The molecule has 0 heterocycles. The van der Waals surface area contributed by atoms with Crippen molar-refractivity contribution in [3.8, 4) is 0 Å². The number of hydrogen-bond donors (Lipinski definition) is 1. The molecule has 0 radical (unpaired) electrons. The zero-order valence-electron chi connectivity index (χ0n) is 16.9. The minimum atomic E-state index is -0.851. The smallest absolute Gasteiger partial charge is 0.419 e. The van der Waals surface area contributed by atoms with Crippen molar-refractivity contribution in [3.05, 3.63) is 96.1 Å². The molecule has 1 N–H and O–H groups in total. The second kappa shape index (κ2) is 10.3. The summed E-state index contributed by atoms with van der Waals surface area (Å²) in [6, 6.07) is 26.3. The van der Waals surface area contributed by atoms with E-state index in [1.807, 2.05) is 85.8 Å². The average Bonchev–Trinajstić information content (AvgIpc) is 2.74. The first-order chi connectivity index (χ1) is 14.5. The summed E-state index contributed by atoms with van der Waals surface area (Å²) in [5.74, 6) is -0.851. The number of benzene rings is 3. The van der Waals surface area contributed by atoms with Crippen LogP contribution >= 0.6 is 0 Å². The summed E-state index contributed by atoms with van der Waals surface area (Å²) < 4.78 is 5.73. The first-order valence-corrected chi connectivity index (χ1v) is 9.93. The lowest BCUT2D eigenvalue weighted by Crippen LogP contribution is -2.30. The molecule has 5 heteroatoms. The van der Waals surface area contributed by atoms with Crippen molar-refractivity contribution >= 4 is 23.4 Å². The van der Waals surface area contributed by atoms with Crippen LogP contribution < -0.4 is 4.90 Å². The molecule has 1 atom stereocenters. The molecule has 0 saturated heterocycles. The Morgan fingerprint density at radius 2 is 1.43 bits per heavy atom. The van der Waals surface area contributed by atoms with Crippen LogP contribution in [0.5, 0.6) is 0 Å². The first-order valence-electron chi connectivity index (χ1n) is 9.93. The van der Waals surface area contributed by atoms with Crippen molar-refractivity contribution < 1.29 is 19.4 Å². The molecule has 0 bridgehead atoms. The van der Waals surface area contributed by atoms with E-state index in [0.717, 1.165) is 22.5 Å². The third-order valence-electron chi connectivity index (χ3n) is 4.70. The molecular weight excluding hydrogens is 378 g/mol. The number of carboxylic acid groups (broad SMARTS) is 1. The normalized spacial score (nSPS) is 11.5. The fourth-order valence-corrected chi connectivity index (χ4v) is 3.24. The maximum Gasteiger partial charge on any atom is 0.419 e. The fraction of sp³-hybridized carbons (Fsp3) is 0.200. The van der Waals surface area contributed by atoms with Crippen LogP contribution in [0.15, 0.2) is 84.9 Å². The number of para-hydroxylation sites is 2. The van der Waals surface area contributed by atoms with Crippen molar-refractivity contribution in [1.82, 2.24) is 0 Å². The zero-order valence-corrected chi connectivity index (χ0v) is 16.9. The highest BCUT2D eigenvalue weighted by Crippen LogP contribution is 2.26. The molecule has 154 valence electrons. The van der Waals surface area contributed by atoms with Crippen LogP contribution in [0, 0.1) is 0 Å². The van der Waals surface area contributed by atoms with Gasteiger partial charge in [-0.15, -0.1) is 0 Å². The predicted octanol–water partition coefficient (Wildman–Crippen LogP) is 5.61. The molecule has 0 fully saturated rings. The molecule has 3 aromatic carbocycles. The van der Waals surface area contributed by atoms with E-state index in [2.05, 4.69) is 0 Å². The monoisotopic (exact) mass is 403 g/mol. The van der Waals surface area contributed by atoms with E-state index in [4.69, 9.17) is 9.84 Å². The summed E-state index contributed by atoms with van der Waals surface area (Å²) in [5.41, 5.74) is 3.27. The number of aliphatic carboxylic acids is 1. The highest BCUT2D eigenvalue weighted by atomic mass is 16.6. The average molecular weight is 403 g/mol. The number of anilines is 2. The summed E-state index contributed by atoms with van der Waals surface area (Å²) in [4.78, 5) is 25.4. The Kier molecular flexibility index (Phi) is 7.22. The van der Waals surface area contributed by atoms with Crippen molar-refractivity contribution in [1.29, 1.82) is 0 Å². The second-order valence-corrected chi connectivity index (χ2v) is 7.13. The Balaban J connectivity index is 1.65. The van der Waals surface area contributed by atoms with Gasteiger partial charge in [0.1, 0.15) is 6.10 Å². The van der Waals surface area contributed by atoms with Gasteiger partial charge in [-0.3, -0.25) is 4.79 Å². The van der Waals surface area contributed by atoms with Crippen LogP contribution in [0.3, 0.4) is 0 Å². The number of carbonyl (C=O) groups is 2. The number of nitrogens with zero attached hydrogens (tertiary/aromatic N) is 1. The van der Waals surface area contributed by atoms with Crippen LogP contribution in [0.25, 0.3) is 0 Å². The molecule has 3 aromatic rings.